The molecule has 1 aliphatic carbocycles. The minimum Gasteiger partial charge on any atom is -0.351 e. The van der Waals surface area contributed by atoms with Gasteiger partial charge in [-0.05, 0) is 38.1 Å². The normalized spacial score (nSPS) is 30.9. The highest BCUT2D eigenvalue weighted by atomic mass is 35.5. The molecule has 2 fully saturated rings. The topological polar surface area (TPSA) is 41.1 Å². The van der Waals surface area contributed by atoms with Gasteiger partial charge in [-0.2, -0.15) is 0 Å². The van der Waals surface area contributed by atoms with E-state index in [1.807, 2.05) is 0 Å². The van der Waals surface area contributed by atoms with E-state index in [1.54, 1.807) is 0 Å². The molecule has 0 bridgehead atoms. The van der Waals surface area contributed by atoms with E-state index in [4.69, 9.17) is 0 Å². The Morgan fingerprint density at radius 3 is 2.65 bits per heavy atom. The third-order valence-corrected chi connectivity index (χ3v) is 4.61. The predicted molar refractivity (Wildman–Crippen MR) is 72.4 cm³/mol. The maximum atomic E-state index is 12.3. The smallest absolute Gasteiger partial charge is 0.226 e. The first-order valence-corrected chi connectivity index (χ1v) is 6.69. The molecule has 0 spiro atoms. The zero-order valence-electron chi connectivity index (χ0n) is 10.9. The third-order valence-electron chi connectivity index (χ3n) is 4.61. The van der Waals surface area contributed by atoms with Gasteiger partial charge in [0.25, 0.3) is 0 Å². The second-order valence-electron chi connectivity index (χ2n) is 5.54. The molecule has 1 saturated heterocycles. The quantitative estimate of drug-likeness (QED) is 0.816. The molecule has 2 unspecified atom stereocenters. The summed E-state index contributed by atoms with van der Waals surface area (Å²) in [6.45, 7) is 6.41. The number of amides is 1. The van der Waals surface area contributed by atoms with Crippen molar-refractivity contribution in [2.45, 2.75) is 52.0 Å². The van der Waals surface area contributed by atoms with Crippen LogP contribution in [0.2, 0.25) is 0 Å². The van der Waals surface area contributed by atoms with Gasteiger partial charge in [0.15, 0.2) is 0 Å². The highest BCUT2D eigenvalue weighted by Crippen LogP contribution is 2.44. The molecule has 1 heterocycles. The van der Waals surface area contributed by atoms with E-state index in [9.17, 15) is 4.79 Å². The Kier molecular flexibility index (Phi) is 5.26. The molecule has 2 aliphatic rings. The molecule has 2 atom stereocenters. The largest absolute Gasteiger partial charge is 0.351 e. The third kappa shape index (κ3) is 2.94. The van der Waals surface area contributed by atoms with Crippen molar-refractivity contribution < 1.29 is 4.79 Å². The minimum atomic E-state index is -0.0167. The number of piperidine rings is 1. The molecule has 2 N–H and O–H groups in total. The van der Waals surface area contributed by atoms with Crippen molar-refractivity contribution in [2.24, 2.45) is 11.3 Å². The van der Waals surface area contributed by atoms with Gasteiger partial charge in [-0.15, -0.1) is 12.4 Å². The van der Waals surface area contributed by atoms with Crippen molar-refractivity contribution in [1.29, 1.82) is 0 Å². The molecule has 4 heteroatoms. The van der Waals surface area contributed by atoms with Gasteiger partial charge in [0, 0.05) is 18.0 Å². The molecule has 1 saturated carbocycles. The Bertz CT molecular complexity index is 261. The van der Waals surface area contributed by atoms with Gasteiger partial charge in [-0.25, -0.2) is 0 Å². The molecule has 0 radical (unpaired) electrons. The summed E-state index contributed by atoms with van der Waals surface area (Å²) in [6.07, 6.45) is 5.56. The van der Waals surface area contributed by atoms with Crippen molar-refractivity contribution in [1.82, 2.24) is 10.6 Å². The monoisotopic (exact) mass is 260 g/mol. The van der Waals surface area contributed by atoms with Gasteiger partial charge in [-0.1, -0.05) is 20.3 Å². The minimum absolute atomic E-state index is 0. The summed E-state index contributed by atoms with van der Waals surface area (Å²) in [5, 5.41) is 6.62. The molecule has 17 heavy (non-hydrogen) atoms. The number of rotatable bonds is 3. The molecule has 100 valence electrons. The lowest BCUT2D eigenvalue weighted by molar-refractivity contribution is -0.137. The number of nitrogens with one attached hydrogen (secondary N) is 2. The Morgan fingerprint density at radius 1 is 1.47 bits per heavy atom. The fourth-order valence-electron chi connectivity index (χ4n) is 2.85. The molecule has 3 nitrogen and oxygen atoms in total. The second-order valence-corrected chi connectivity index (χ2v) is 5.54. The average molecular weight is 261 g/mol. The molecule has 0 aromatic carbocycles. The van der Waals surface area contributed by atoms with E-state index in [-0.39, 0.29) is 17.8 Å². The van der Waals surface area contributed by atoms with Crippen LogP contribution in [0.15, 0.2) is 0 Å². The highest BCUT2D eigenvalue weighted by molar-refractivity contribution is 5.85. The van der Waals surface area contributed by atoms with E-state index in [0.29, 0.717) is 17.9 Å². The maximum absolute atomic E-state index is 12.3. The van der Waals surface area contributed by atoms with Crippen LogP contribution in [-0.4, -0.2) is 25.0 Å². The van der Waals surface area contributed by atoms with Crippen LogP contribution in [0.5, 0.6) is 0 Å². The number of carbonyl (C=O) groups excluding carboxylic acids is 1. The van der Waals surface area contributed by atoms with Crippen LogP contribution in [0.4, 0.5) is 0 Å². The number of hydrogen-bond donors (Lipinski definition) is 2. The molecule has 0 aromatic heterocycles. The van der Waals surface area contributed by atoms with Crippen molar-refractivity contribution in [3.05, 3.63) is 0 Å². The Labute approximate surface area is 111 Å². The van der Waals surface area contributed by atoms with Crippen LogP contribution in [0.3, 0.4) is 0 Å². The standard InChI is InChI=1S/C13H24N2O.ClH/c1-3-13(6-4-7-13)12(16)15-11-9-14-8-5-10(11)2;/h10-11,14H,3-9H2,1-2H3,(H,15,16);1H. The van der Waals surface area contributed by atoms with E-state index in [0.717, 1.165) is 32.4 Å². The van der Waals surface area contributed by atoms with E-state index in [2.05, 4.69) is 24.5 Å². The number of carbonyl (C=O) groups is 1. The van der Waals surface area contributed by atoms with Crippen molar-refractivity contribution in [2.75, 3.05) is 13.1 Å². The first-order chi connectivity index (χ1) is 7.68. The summed E-state index contributed by atoms with van der Waals surface area (Å²) < 4.78 is 0. The number of halogens is 1. The summed E-state index contributed by atoms with van der Waals surface area (Å²) in [4.78, 5) is 12.3. The zero-order chi connectivity index (χ0) is 11.6. The van der Waals surface area contributed by atoms with Gasteiger partial charge >= 0.3 is 0 Å². The summed E-state index contributed by atoms with van der Waals surface area (Å²) in [6, 6.07) is 0.338. The van der Waals surface area contributed by atoms with Gasteiger partial charge in [-0.3, -0.25) is 4.79 Å². The molecule has 0 aromatic rings. The molecule has 1 aliphatic heterocycles. The summed E-state index contributed by atoms with van der Waals surface area (Å²) in [7, 11) is 0. The van der Waals surface area contributed by atoms with Crippen molar-refractivity contribution >= 4 is 18.3 Å². The first kappa shape index (κ1) is 14.8. The molecular formula is C13H25ClN2O. The average Bonchev–Trinajstić information content (AvgIpc) is 2.21. The second kappa shape index (κ2) is 6.05. The van der Waals surface area contributed by atoms with Crippen LogP contribution >= 0.6 is 12.4 Å². The molecular weight excluding hydrogens is 236 g/mol. The van der Waals surface area contributed by atoms with Gasteiger partial charge < -0.3 is 10.6 Å². The fourth-order valence-corrected chi connectivity index (χ4v) is 2.85. The lowest BCUT2D eigenvalue weighted by Gasteiger charge is -2.42. The number of hydrogen-bond acceptors (Lipinski definition) is 2. The zero-order valence-corrected chi connectivity index (χ0v) is 11.7. The fraction of sp³-hybridized carbons (Fsp3) is 0.923. The molecule has 2 rings (SSSR count). The Morgan fingerprint density at radius 2 is 2.18 bits per heavy atom. The van der Waals surface area contributed by atoms with Crippen LogP contribution < -0.4 is 10.6 Å². The lowest BCUT2D eigenvalue weighted by atomic mass is 9.66. The van der Waals surface area contributed by atoms with E-state index >= 15 is 0 Å². The van der Waals surface area contributed by atoms with Crippen LogP contribution in [0, 0.1) is 11.3 Å². The summed E-state index contributed by atoms with van der Waals surface area (Å²) in [5.74, 6) is 0.918. The Hall–Kier alpha value is -0.280. The summed E-state index contributed by atoms with van der Waals surface area (Å²) >= 11 is 0. The van der Waals surface area contributed by atoms with E-state index in [1.165, 1.54) is 12.8 Å². The van der Waals surface area contributed by atoms with Crippen LogP contribution in [0.1, 0.15) is 46.0 Å². The van der Waals surface area contributed by atoms with Gasteiger partial charge in [0.05, 0.1) is 0 Å². The summed E-state index contributed by atoms with van der Waals surface area (Å²) in [5.41, 5.74) is -0.0167. The maximum Gasteiger partial charge on any atom is 0.226 e. The lowest BCUT2D eigenvalue weighted by Crippen LogP contribution is -2.55. The Balaban J connectivity index is 0.00000144. The highest BCUT2D eigenvalue weighted by Gasteiger charge is 2.43. The molecule has 1 amide bonds. The van der Waals surface area contributed by atoms with Gasteiger partial charge in [0.1, 0.15) is 0 Å². The van der Waals surface area contributed by atoms with Crippen LogP contribution in [0.25, 0.3) is 0 Å². The van der Waals surface area contributed by atoms with Gasteiger partial charge in [0.2, 0.25) is 5.91 Å². The van der Waals surface area contributed by atoms with Crippen LogP contribution in [-0.2, 0) is 4.79 Å². The van der Waals surface area contributed by atoms with Crippen molar-refractivity contribution in [3.8, 4) is 0 Å². The van der Waals surface area contributed by atoms with E-state index < -0.39 is 0 Å². The predicted octanol–water partition coefficient (Wildman–Crippen LogP) is 2.10. The first-order valence-electron chi connectivity index (χ1n) is 6.69. The SMILES string of the molecule is CCC1(C(=O)NC2CNCCC2C)CCC1.Cl. The van der Waals surface area contributed by atoms with Crippen molar-refractivity contribution in [3.63, 3.8) is 0 Å².